The highest BCUT2D eigenvalue weighted by molar-refractivity contribution is 7.86. The van der Waals surface area contributed by atoms with Gasteiger partial charge < -0.3 is 5.32 Å². The van der Waals surface area contributed by atoms with E-state index in [1.54, 1.807) is 8.61 Å². The Morgan fingerprint density at radius 3 is 2.11 bits per heavy atom. The second-order valence-corrected chi connectivity index (χ2v) is 7.91. The molecule has 0 amide bonds. The molecule has 2 rings (SSSR count). The van der Waals surface area contributed by atoms with Gasteiger partial charge in [-0.05, 0) is 25.2 Å². The fourth-order valence-corrected chi connectivity index (χ4v) is 5.01. The minimum absolute atomic E-state index is 0. The van der Waals surface area contributed by atoms with Crippen molar-refractivity contribution in [2.75, 3.05) is 32.7 Å². The average molecular weight is 312 g/mol. The molecule has 0 saturated carbocycles. The molecule has 2 saturated heterocycles. The molecule has 0 spiro atoms. The summed E-state index contributed by atoms with van der Waals surface area (Å²) in [6, 6.07) is 0.244. The predicted octanol–water partition coefficient (Wildman–Crippen LogP) is 0.925. The lowest BCUT2D eigenvalue weighted by Crippen LogP contribution is -2.56. The summed E-state index contributed by atoms with van der Waals surface area (Å²) in [6.07, 6.45) is 1.13. The molecule has 1 N–H and O–H groups in total. The topological polar surface area (TPSA) is 52.7 Å². The Bertz CT molecular complexity index is 380. The van der Waals surface area contributed by atoms with Gasteiger partial charge in [0.05, 0.1) is 0 Å². The molecular weight excluding hydrogens is 286 g/mol. The lowest BCUT2D eigenvalue weighted by Gasteiger charge is -2.39. The molecule has 2 aliphatic heterocycles. The molecule has 2 fully saturated rings. The summed E-state index contributed by atoms with van der Waals surface area (Å²) in [6.45, 7) is 9.57. The maximum atomic E-state index is 12.6. The van der Waals surface area contributed by atoms with Crippen LogP contribution >= 0.6 is 12.4 Å². The Morgan fingerprint density at radius 1 is 1.00 bits per heavy atom. The van der Waals surface area contributed by atoms with Crippen LogP contribution in [0.15, 0.2) is 0 Å². The fourth-order valence-electron chi connectivity index (χ4n) is 3.06. The van der Waals surface area contributed by atoms with Crippen molar-refractivity contribution in [3.63, 3.8) is 0 Å². The number of nitrogens with zero attached hydrogens (tertiary/aromatic N) is 2. The van der Waals surface area contributed by atoms with Gasteiger partial charge in [0.15, 0.2) is 0 Å². The maximum absolute atomic E-state index is 12.6. The van der Waals surface area contributed by atoms with Gasteiger partial charge in [-0.15, -0.1) is 12.4 Å². The number of hydrogen-bond acceptors (Lipinski definition) is 3. The van der Waals surface area contributed by atoms with E-state index < -0.39 is 10.2 Å². The normalized spacial score (nSPS) is 34.8. The average Bonchev–Trinajstić information content (AvgIpc) is 2.27. The number of halogens is 1. The largest absolute Gasteiger partial charge is 0.312 e. The van der Waals surface area contributed by atoms with Crippen molar-refractivity contribution < 1.29 is 8.42 Å². The lowest BCUT2D eigenvalue weighted by molar-refractivity contribution is 0.201. The maximum Gasteiger partial charge on any atom is 0.282 e. The first-order valence-electron chi connectivity index (χ1n) is 6.88. The summed E-state index contributed by atoms with van der Waals surface area (Å²) >= 11 is 0. The molecule has 7 heteroatoms. The molecule has 2 unspecified atom stereocenters. The van der Waals surface area contributed by atoms with E-state index in [0.717, 1.165) is 13.0 Å². The molecule has 0 aromatic carbocycles. The summed E-state index contributed by atoms with van der Waals surface area (Å²) in [4.78, 5) is 0. The van der Waals surface area contributed by atoms with Crippen LogP contribution in [0.3, 0.4) is 0 Å². The molecule has 0 radical (unpaired) electrons. The third kappa shape index (κ3) is 4.04. The SMILES string of the molecule is CC1CC(C)CN(S(=O)(=O)N2CCN[C@@H](C)C2)C1.Cl. The summed E-state index contributed by atoms with van der Waals surface area (Å²) in [5, 5.41) is 3.28. The van der Waals surface area contributed by atoms with Crippen LogP contribution in [0.1, 0.15) is 27.2 Å². The summed E-state index contributed by atoms with van der Waals surface area (Å²) in [5.41, 5.74) is 0. The number of nitrogens with one attached hydrogen (secondary N) is 1. The summed E-state index contributed by atoms with van der Waals surface area (Å²) < 4.78 is 28.5. The zero-order valence-electron chi connectivity index (χ0n) is 12.0. The van der Waals surface area contributed by atoms with Crippen LogP contribution in [-0.2, 0) is 10.2 Å². The Balaban J connectivity index is 0.00000180. The van der Waals surface area contributed by atoms with Crippen molar-refractivity contribution in [2.24, 2.45) is 11.8 Å². The Morgan fingerprint density at radius 2 is 1.58 bits per heavy atom. The highest BCUT2D eigenvalue weighted by Gasteiger charge is 2.36. The third-order valence-corrected chi connectivity index (χ3v) is 5.75. The molecular formula is C12H26ClN3O2S. The highest BCUT2D eigenvalue weighted by Crippen LogP contribution is 2.25. The summed E-state index contributed by atoms with van der Waals surface area (Å²) in [5.74, 6) is 0.924. The molecule has 5 nitrogen and oxygen atoms in total. The highest BCUT2D eigenvalue weighted by atomic mass is 35.5. The first-order valence-corrected chi connectivity index (χ1v) is 8.28. The number of piperazine rings is 1. The smallest absolute Gasteiger partial charge is 0.282 e. The minimum atomic E-state index is -3.26. The van der Waals surface area contributed by atoms with Gasteiger partial charge >= 0.3 is 0 Å². The number of rotatable bonds is 2. The zero-order valence-corrected chi connectivity index (χ0v) is 13.6. The second kappa shape index (κ2) is 6.72. The molecule has 3 atom stereocenters. The van der Waals surface area contributed by atoms with Gasteiger partial charge in [0.2, 0.25) is 0 Å². The van der Waals surface area contributed by atoms with Crippen LogP contribution in [0.25, 0.3) is 0 Å². The first kappa shape index (κ1) is 17.2. The van der Waals surface area contributed by atoms with Crippen molar-refractivity contribution in [1.82, 2.24) is 13.9 Å². The quantitative estimate of drug-likeness (QED) is 0.825. The zero-order chi connectivity index (χ0) is 13.3. The summed E-state index contributed by atoms with van der Waals surface area (Å²) in [7, 11) is -3.26. The van der Waals surface area contributed by atoms with Crippen molar-refractivity contribution >= 4 is 22.6 Å². The van der Waals surface area contributed by atoms with E-state index in [1.807, 2.05) is 6.92 Å². The van der Waals surface area contributed by atoms with Crippen LogP contribution in [0, 0.1) is 11.8 Å². The molecule has 2 aliphatic rings. The van der Waals surface area contributed by atoms with Crippen molar-refractivity contribution in [1.29, 1.82) is 0 Å². The van der Waals surface area contributed by atoms with Gasteiger partial charge in [0.1, 0.15) is 0 Å². The number of hydrogen-bond donors (Lipinski definition) is 1. The van der Waals surface area contributed by atoms with E-state index in [0.29, 0.717) is 38.0 Å². The van der Waals surface area contributed by atoms with Gasteiger partial charge in [-0.1, -0.05) is 13.8 Å². The van der Waals surface area contributed by atoms with E-state index in [2.05, 4.69) is 19.2 Å². The van der Waals surface area contributed by atoms with Gasteiger partial charge in [-0.25, -0.2) is 0 Å². The number of piperidine rings is 1. The van der Waals surface area contributed by atoms with Crippen molar-refractivity contribution in [2.45, 2.75) is 33.2 Å². The van der Waals surface area contributed by atoms with Crippen LogP contribution < -0.4 is 5.32 Å². The molecule has 2 heterocycles. The van der Waals surface area contributed by atoms with Gasteiger partial charge in [-0.3, -0.25) is 0 Å². The van der Waals surface area contributed by atoms with Gasteiger partial charge in [0.25, 0.3) is 10.2 Å². The van der Waals surface area contributed by atoms with Crippen molar-refractivity contribution in [3.05, 3.63) is 0 Å². The molecule has 0 bridgehead atoms. The molecule has 114 valence electrons. The van der Waals surface area contributed by atoms with Crippen molar-refractivity contribution in [3.8, 4) is 0 Å². The fraction of sp³-hybridized carbons (Fsp3) is 1.00. The van der Waals surface area contributed by atoms with E-state index in [4.69, 9.17) is 0 Å². The van der Waals surface area contributed by atoms with Gasteiger partial charge in [0, 0.05) is 38.8 Å². The first-order chi connectivity index (χ1) is 8.39. The standard InChI is InChI=1S/C12H25N3O2S.ClH/c1-10-6-11(2)8-15(7-10)18(16,17)14-5-4-13-12(3)9-14;/h10-13H,4-9H2,1-3H3;1H/t10?,11?,12-;/m0./s1. The third-order valence-electron chi connectivity index (χ3n) is 3.82. The van der Waals surface area contributed by atoms with E-state index >= 15 is 0 Å². The Kier molecular flexibility index (Phi) is 6.07. The molecule has 19 heavy (non-hydrogen) atoms. The Hall–Kier alpha value is 0.120. The van der Waals surface area contributed by atoms with Crippen LogP contribution in [-0.4, -0.2) is 55.8 Å². The van der Waals surface area contributed by atoms with E-state index in [9.17, 15) is 8.42 Å². The monoisotopic (exact) mass is 311 g/mol. The lowest BCUT2D eigenvalue weighted by atomic mass is 9.94. The minimum Gasteiger partial charge on any atom is -0.312 e. The second-order valence-electron chi connectivity index (χ2n) is 5.98. The molecule has 0 aliphatic carbocycles. The van der Waals surface area contributed by atoms with Crippen LogP contribution in [0.4, 0.5) is 0 Å². The van der Waals surface area contributed by atoms with E-state index in [-0.39, 0.29) is 18.4 Å². The predicted molar refractivity (Wildman–Crippen MR) is 79.7 cm³/mol. The molecule has 0 aromatic heterocycles. The van der Waals surface area contributed by atoms with Gasteiger partial charge in [-0.2, -0.15) is 17.0 Å². The van der Waals surface area contributed by atoms with Crippen LogP contribution in [0.5, 0.6) is 0 Å². The molecule has 0 aromatic rings. The Labute approximate surface area is 123 Å². The van der Waals surface area contributed by atoms with E-state index in [1.165, 1.54) is 0 Å². The van der Waals surface area contributed by atoms with Crippen LogP contribution in [0.2, 0.25) is 0 Å².